The van der Waals surface area contributed by atoms with Gasteiger partial charge in [0.05, 0.1) is 11.3 Å². The number of carbonyl (C=O) groups excluding carboxylic acids is 1. The molecule has 0 fully saturated rings. The van der Waals surface area contributed by atoms with E-state index in [2.05, 4.69) is 0 Å². The van der Waals surface area contributed by atoms with Crippen molar-refractivity contribution in [1.29, 1.82) is 0 Å². The molecule has 0 bridgehead atoms. The molecule has 0 aliphatic rings. The van der Waals surface area contributed by atoms with Gasteiger partial charge in [-0.05, 0) is 39.0 Å². The summed E-state index contributed by atoms with van der Waals surface area (Å²) in [6.45, 7) is 5.20. The van der Waals surface area contributed by atoms with Gasteiger partial charge in [-0.2, -0.15) is 8.42 Å². The molecule has 0 unspecified atom stereocenters. The van der Waals surface area contributed by atoms with Crippen molar-refractivity contribution in [1.82, 2.24) is 4.90 Å². The molecule has 5 nitrogen and oxygen atoms in total. The summed E-state index contributed by atoms with van der Waals surface area (Å²) in [5.74, 6) is -1.06. The standard InChI is InChI=1S/C19H22FNO4S/c1-4-26(23,24)25-18-12-8-5-9-15(18)13-21(14(2)3)19(22)16-10-6-7-11-17(16)20/h5-12,14H,4,13H2,1-3H3. The van der Waals surface area contributed by atoms with E-state index in [-0.39, 0.29) is 29.7 Å². The van der Waals surface area contributed by atoms with E-state index >= 15 is 0 Å². The highest BCUT2D eigenvalue weighted by Crippen LogP contribution is 2.24. The van der Waals surface area contributed by atoms with Gasteiger partial charge in [0.2, 0.25) is 0 Å². The largest absolute Gasteiger partial charge is 0.382 e. The molecule has 0 atom stereocenters. The first-order valence-electron chi connectivity index (χ1n) is 8.30. The molecular formula is C19H22FNO4S. The zero-order valence-corrected chi connectivity index (χ0v) is 15.8. The summed E-state index contributed by atoms with van der Waals surface area (Å²) in [5, 5.41) is 0. The fraction of sp³-hybridized carbons (Fsp3) is 0.316. The summed E-state index contributed by atoms with van der Waals surface area (Å²) in [6.07, 6.45) is 0. The maximum Gasteiger partial charge on any atom is 0.308 e. The number of hydrogen-bond donors (Lipinski definition) is 0. The second kappa shape index (κ2) is 8.31. The molecule has 0 radical (unpaired) electrons. The molecule has 0 spiro atoms. The van der Waals surface area contributed by atoms with Crippen LogP contribution in [0.2, 0.25) is 0 Å². The van der Waals surface area contributed by atoms with Crippen LogP contribution in [0.5, 0.6) is 5.75 Å². The van der Waals surface area contributed by atoms with Crippen molar-refractivity contribution >= 4 is 16.0 Å². The number of benzene rings is 2. The maximum absolute atomic E-state index is 14.0. The number of nitrogens with zero attached hydrogens (tertiary/aromatic N) is 1. The quantitative estimate of drug-likeness (QED) is 0.690. The van der Waals surface area contributed by atoms with Crippen LogP contribution in [0.15, 0.2) is 48.5 Å². The van der Waals surface area contributed by atoms with E-state index in [9.17, 15) is 17.6 Å². The summed E-state index contributed by atoms with van der Waals surface area (Å²) < 4.78 is 42.7. The van der Waals surface area contributed by atoms with Gasteiger partial charge in [-0.3, -0.25) is 4.79 Å². The van der Waals surface area contributed by atoms with E-state index in [1.54, 1.807) is 24.3 Å². The van der Waals surface area contributed by atoms with Crippen molar-refractivity contribution in [2.24, 2.45) is 0 Å². The number of halogens is 1. The Labute approximate surface area is 153 Å². The van der Waals surface area contributed by atoms with Crippen LogP contribution < -0.4 is 4.18 Å². The Kier molecular flexibility index (Phi) is 6.37. The highest BCUT2D eigenvalue weighted by molar-refractivity contribution is 7.87. The number of hydrogen-bond acceptors (Lipinski definition) is 4. The summed E-state index contributed by atoms with van der Waals surface area (Å²) in [6, 6.07) is 12.2. The van der Waals surface area contributed by atoms with E-state index in [4.69, 9.17) is 4.18 Å². The predicted octanol–water partition coefficient (Wildman–Crippen LogP) is 3.61. The molecule has 0 aromatic heterocycles. The van der Waals surface area contributed by atoms with Crippen LogP contribution >= 0.6 is 0 Å². The van der Waals surface area contributed by atoms with Crippen molar-refractivity contribution in [3.63, 3.8) is 0 Å². The molecule has 0 saturated heterocycles. The fourth-order valence-corrected chi connectivity index (χ4v) is 2.93. The van der Waals surface area contributed by atoms with Crippen molar-refractivity contribution in [2.75, 3.05) is 5.75 Å². The van der Waals surface area contributed by atoms with Gasteiger partial charge in [0.1, 0.15) is 11.6 Å². The average Bonchev–Trinajstić information content (AvgIpc) is 2.60. The predicted molar refractivity (Wildman–Crippen MR) is 97.9 cm³/mol. The zero-order chi connectivity index (χ0) is 19.3. The average molecular weight is 379 g/mol. The van der Waals surface area contributed by atoms with E-state index in [1.165, 1.54) is 36.1 Å². The van der Waals surface area contributed by atoms with Crippen molar-refractivity contribution in [2.45, 2.75) is 33.4 Å². The van der Waals surface area contributed by atoms with Crippen LogP contribution in [0, 0.1) is 5.82 Å². The molecule has 0 heterocycles. The third-order valence-corrected chi connectivity index (χ3v) is 5.01. The Morgan fingerprint density at radius 3 is 2.35 bits per heavy atom. The number of amides is 1. The second-order valence-corrected chi connectivity index (χ2v) is 7.90. The van der Waals surface area contributed by atoms with Crippen molar-refractivity contribution < 1.29 is 21.8 Å². The molecule has 7 heteroatoms. The van der Waals surface area contributed by atoms with E-state index in [0.29, 0.717) is 5.56 Å². The van der Waals surface area contributed by atoms with Crippen LogP contribution in [-0.4, -0.2) is 31.0 Å². The molecule has 0 aliphatic heterocycles. The SMILES string of the molecule is CCS(=O)(=O)Oc1ccccc1CN(C(=O)c1ccccc1F)C(C)C. The lowest BCUT2D eigenvalue weighted by Gasteiger charge is -2.28. The topological polar surface area (TPSA) is 63.7 Å². The molecule has 140 valence electrons. The molecule has 0 N–H and O–H groups in total. The number of carbonyl (C=O) groups is 1. The number of para-hydroxylation sites is 1. The normalized spacial score (nSPS) is 11.4. The van der Waals surface area contributed by atoms with Gasteiger partial charge in [-0.1, -0.05) is 30.3 Å². The van der Waals surface area contributed by atoms with Crippen LogP contribution in [0.1, 0.15) is 36.7 Å². The molecule has 26 heavy (non-hydrogen) atoms. The third kappa shape index (κ3) is 4.82. The first-order chi connectivity index (χ1) is 12.2. The van der Waals surface area contributed by atoms with E-state index < -0.39 is 21.8 Å². The lowest BCUT2D eigenvalue weighted by Crippen LogP contribution is -2.37. The second-order valence-electron chi connectivity index (χ2n) is 6.04. The first-order valence-corrected chi connectivity index (χ1v) is 9.88. The highest BCUT2D eigenvalue weighted by Gasteiger charge is 2.23. The highest BCUT2D eigenvalue weighted by atomic mass is 32.2. The molecule has 1 amide bonds. The Morgan fingerprint density at radius 1 is 1.12 bits per heavy atom. The van der Waals surface area contributed by atoms with Gasteiger partial charge < -0.3 is 9.08 Å². The Balaban J connectivity index is 2.35. The van der Waals surface area contributed by atoms with Gasteiger partial charge in [-0.25, -0.2) is 4.39 Å². The summed E-state index contributed by atoms with van der Waals surface area (Å²) in [7, 11) is -3.69. The summed E-state index contributed by atoms with van der Waals surface area (Å²) >= 11 is 0. The monoisotopic (exact) mass is 379 g/mol. The van der Waals surface area contributed by atoms with Crippen LogP contribution in [0.4, 0.5) is 4.39 Å². The minimum atomic E-state index is -3.69. The Bertz CT molecular complexity index is 881. The number of rotatable bonds is 7. The Hall–Kier alpha value is -2.41. The van der Waals surface area contributed by atoms with Gasteiger partial charge >= 0.3 is 10.1 Å². The summed E-state index contributed by atoms with van der Waals surface area (Å²) in [4.78, 5) is 14.3. The van der Waals surface area contributed by atoms with Gasteiger partial charge in [0, 0.05) is 18.2 Å². The minimum Gasteiger partial charge on any atom is -0.382 e. The Morgan fingerprint density at radius 2 is 1.73 bits per heavy atom. The van der Waals surface area contributed by atoms with Crippen molar-refractivity contribution in [3.05, 3.63) is 65.5 Å². The minimum absolute atomic E-state index is 0.0271. The molecule has 2 aromatic rings. The third-order valence-electron chi connectivity index (χ3n) is 3.87. The molecular weight excluding hydrogens is 357 g/mol. The zero-order valence-electron chi connectivity index (χ0n) is 15.0. The van der Waals surface area contributed by atoms with E-state index in [0.717, 1.165) is 0 Å². The van der Waals surface area contributed by atoms with Crippen LogP contribution in [-0.2, 0) is 16.7 Å². The molecule has 2 aromatic carbocycles. The van der Waals surface area contributed by atoms with Crippen LogP contribution in [0.3, 0.4) is 0 Å². The lowest BCUT2D eigenvalue weighted by molar-refractivity contribution is 0.0685. The van der Waals surface area contributed by atoms with Gasteiger partial charge in [0.25, 0.3) is 5.91 Å². The molecule has 2 rings (SSSR count). The molecule has 0 saturated carbocycles. The van der Waals surface area contributed by atoms with Gasteiger partial charge in [0.15, 0.2) is 0 Å². The van der Waals surface area contributed by atoms with Crippen LogP contribution in [0.25, 0.3) is 0 Å². The first kappa shape index (κ1) is 19.9. The maximum atomic E-state index is 14.0. The van der Waals surface area contributed by atoms with Gasteiger partial charge in [-0.15, -0.1) is 0 Å². The fourth-order valence-electron chi connectivity index (χ4n) is 2.37. The smallest absolute Gasteiger partial charge is 0.308 e. The van der Waals surface area contributed by atoms with E-state index in [1.807, 2.05) is 13.8 Å². The van der Waals surface area contributed by atoms with Crippen molar-refractivity contribution in [3.8, 4) is 5.75 Å². The summed E-state index contributed by atoms with van der Waals surface area (Å²) in [5.41, 5.74) is 0.503. The lowest BCUT2D eigenvalue weighted by atomic mass is 10.1. The molecule has 0 aliphatic carbocycles.